The van der Waals surface area contributed by atoms with E-state index < -0.39 is 0 Å². The summed E-state index contributed by atoms with van der Waals surface area (Å²) in [4.78, 5) is 22.1. The first-order chi connectivity index (χ1) is 11.5. The molecular formula is C20H26O4. The summed E-state index contributed by atoms with van der Waals surface area (Å²) >= 11 is 0. The minimum absolute atomic E-state index is 0.234. The van der Waals surface area contributed by atoms with E-state index in [1.165, 1.54) is 33.5 Å². The fourth-order valence-corrected chi connectivity index (χ4v) is 2.63. The average molecular weight is 330 g/mol. The van der Waals surface area contributed by atoms with E-state index in [2.05, 4.69) is 22.6 Å². The zero-order chi connectivity index (χ0) is 17.9. The highest BCUT2D eigenvalue weighted by Gasteiger charge is 2.21. The summed E-state index contributed by atoms with van der Waals surface area (Å²) < 4.78 is 9.15. The van der Waals surface area contributed by atoms with Crippen molar-refractivity contribution in [1.82, 2.24) is 0 Å². The van der Waals surface area contributed by atoms with Crippen LogP contribution in [-0.2, 0) is 19.1 Å². The van der Waals surface area contributed by atoms with Gasteiger partial charge in [0.15, 0.2) is 0 Å². The Balaban J connectivity index is 0.000000240. The first kappa shape index (κ1) is 19.7. The van der Waals surface area contributed by atoms with Crippen LogP contribution in [0.25, 0.3) is 5.57 Å². The summed E-state index contributed by atoms with van der Waals surface area (Å²) in [5, 5.41) is 0. The van der Waals surface area contributed by atoms with Crippen LogP contribution >= 0.6 is 0 Å². The largest absolute Gasteiger partial charge is 0.466 e. The fourth-order valence-electron chi connectivity index (χ4n) is 2.63. The molecule has 1 fully saturated rings. The minimum Gasteiger partial charge on any atom is -0.466 e. The van der Waals surface area contributed by atoms with E-state index in [0.29, 0.717) is 17.1 Å². The predicted octanol–water partition coefficient (Wildman–Crippen LogP) is 4.17. The fraction of sp³-hybridized carbons (Fsp3) is 0.400. The van der Waals surface area contributed by atoms with Gasteiger partial charge in [0.25, 0.3) is 0 Å². The maximum atomic E-state index is 11.1. The van der Waals surface area contributed by atoms with Gasteiger partial charge in [0.2, 0.25) is 0 Å². The molecule has 1 saturated carbocycles. The van der Waals surface area contributed by atoms with Crippen LogP contribution in [0.4, 0.5) is 0 Å². The molecule has 1 aromatic rings. The van der Waals surface area contributed by atoms with Gasteiger partial charge in [-0.3, -0.25) is 0 Å². The molecule has 0 atom stereocenters. The maximum absolute atomic E-state index is 11.1. The standard InChI is InChI=1S/C10H16O2.C10H10O2/c2*1-8(10(11)12-2)9-6-4-3-5-7-9/h9H,1,3-7H2,2H3;3-7H,1H2,2H3. The minimum atomic E-state index is -0.388. The lowest BCUT2D eigenvalue weighted by Crippen LogP contribution is -2.16. The number of benzene rings is 1. The number of rotatable bonds is 4. The number of hydrogen-bond acceptors (Lipinski definition) is 4. The second-order valence-corrected chi connectivity index (χ2v) is 5.69. The average Bonchev–Trinajstić information content (AvgIpc) is 2.67. The van der Waals surface area contributed by atoms with Gasteiger partial charge in [-0.2, -0.15) is 0 Å². The Kier molecular flexibility index (Phi) is 8.55. The van der Waals surface area contributed by atoms with Gasteiger partial charge in [0.05, 0.1) is 19.8 Å². The molecule has 0 amide bonds. The number of carbonyl (C=O) groups excluding carboxylic acids is 2. The van der Waals surface area contributed by atoms with E-state index >= 15 is 0 Å². The Hall–Kier alpha value is -2.36. The number of hydrogen-bond donors (Lipinski definition) is 0. The molecule has 0 bridgehead atoms. The van der Waals surface area contributed by atoms with Crippen molar-refractivity contribution in [3.63, 3.8) is 0 Å². The molecule has 1 aromatic carbocycles. The lowest BCUT2D eigenvalue weighted by Gasteiger charge is -2.21. The van der Waals surface area contributed by atoms with E-state index in [9.17, 15) is 9.59 Å². The van der Waals surface area contributed by atoms with Gasteiger partial charge in [-0.25, -0.2) is 9.59 Å². The number of methoxy groups -OCH3 is 2. The van der Waals surface area contributed by atoms with Gasteiger partial charge in [-0.1, -0.05) is 62.8 Å². The van der Waals surface area contributed by atoms with Crippen LogP contribution in [0, 0.1) is 5.92 Å². The van der Waals surface area contributed by atoms with Crippen LogP contribution in [0.5, 0.6) is 0 Å². The van der Waals surface area contributed by atoms with Crippen molar-refractivity contribution in [2.75, 3.05) is 14.2 Å². The second-order valence-electron chi connectivity index (χ2n) is 5.69. The summed E-state index contributed by atoms with van der Waals surface area (Å²) in [6, 6.07) is 9.22. The number of ether oxygens (including phenoxy) is 2. The zero-order valence-corrected chi connectivity index (χ0v) is 14.5. The summed E-state index contributed by atoms with van der Waals surface area (Å²) in [7, 11) is 2.76. The van der Waals surface area contributed by atoms with Gasteiger partial charge in [0.1, 0.15) is 0 Å². The molecule has 0 aliphatic heterocycles. The molecule has 0 radical (unpaired) electrons. The third-order valence-corrected chi connectivity index (χ3v) is 4.10. The first-order valence-electron chi connectivity index (χ1n) is 8.11. The highest BCUT2D eigenvalue weighted by molar-refractivity contribution is 6.15. The van der Waals surface area contributed by atoms with Gasteiger partial charge in [-0.15, -0.1) is 0 Å². The van der Waals surface area contributed by atoms with Crippen molar-refractivity contribution >= 4 is 17.5 Å². The van der Waals surface area contributed by atoms with Crippen LogP contribution in [0.3, 0.4) is 0 Å². The van der Waals surface area contributed by atoms with Crippen molar-refractivity contribution in [1.29, 1.82) is 0 Å². The molecule has 0 heterocycles. The molecule has 2 rings (SSSR count). The molecule has 1 aliphatic carbocycles. The Morgan fingerprint density at radius 2 is 1.46 bits per heavy atom. The van der Waals surface area contributed by atoms with Crippen molar-refractivity contribution in [2.45, 2.75) is 32.1 Å². The van der Waals surface area contributed by atoms with Crippen LogP contribution < -0.4 is 0 Å². The van der Waals surface area contributed by atoms with E-state index in [1.54, 1.807) is 0 Å². The summed E-state index contributed by atoms with van der Waals surface area (Å²) in [5.74, 6) is -0.241. The molecule has 24 heavy (non-hydrogen) atoms. The Labute approximate surface area is 144 Å². The third-order valence-electron chi connectivity index (χ3n) is 4.10. The van der Waals surface area contributed by atoms with E-state index in [-0.39, 0.29) is 11.9 Å². The second kappa shape index (κ2) is 10.4. The zero-order valence-electron chi connectivity index (χ0n) is 14.5. The van der Waals surface area contributed by atoms with Gasteiger partial charge < -0.3 is 9.47 Å². The molecule has 0 saturated heterocycles. The number of esters is 2. The molecular weight excluding hydrogens is 304 g/mol. The molecule has 4 nitrogen and oxygen atoms in total. The molecule has 4 heteroatoms. The van der Waals surface area contributed by atoms with Crippen molar-refractivity contribution in [3.8, 4) is 0 Å². The van der Waals surface area contributed by atoms with Gasteiger partial charge >= 0.3 is 11.9 Å². The summed E-state index contributed by atoms with van der Waals surface area (Å²) in [5.41, 5.74) is 1.85. The lowest BCUT2D eigenvalue weighted by molar-refractivity contribution is -0.137. The normalized spacial score (nSPS) is 13.9. The van der Waals surface area contributed by atoms with Crippen LogP contribution in [0.2, 0.25) is 0 Å². The Morgan fingerprint density at radius 1 is 0.917 bits per heavy atom. The van der Waals surface area contributed by atoms with E-state index in [0.717, 1.165) is 18.4 Å². The quantitative estimate of drug-likeness (QED) is 0.614. The van der Waals surface area contributed by atoms with Gasteiger partial charge in [-0.05, 0) is 24.3 Å². The highest BCUT2D eigenvalue weighted by Crippen LogP contribution is 2.29. The Bertz CT molecular complexity index is 569. The maximum Gasteiger partial charge on any atom is 0.337 e. The third kappa shape index (κ3) is 6.03. The van der Waals surface area contributed by atoms with Crippen LogP contribution in [0.15, 0.2) is 49.1 Å². The van der Waals surface area contributed by atoms with Gasteiger partial charge in [0, 0.05) is 5.57 Å². The SMILES string of the molecule is C=C(C(=O)OC)C1CCCCC1.C=C(C(=O)OC)c1ccccc1. The number of carbonyl (C=O) groups is 2. The molecule has 0 N–H and O–H groups in total. The van der Waals surface area contributed by atoms with Crippen molar-refractivity contribution < 1.29 is 19.1 Å². The first-order valence-corrected chi connectivity index (χ1v) is 8.11. The lowest BCUT2D eigenvalue weighted by atomic mass is 9.84. The Morgan fingerprint density at radius 3 is 1.96 bits per heavy atom. The van der Waals surface area contributed by atoms with Crippen LogP contribution in [0.1, 0.15) is 37.7 Å². The monoisotopic (exact) mass is 330 g/mol. The molecule has 0 unspecified atom stereocenters. The molecule has 0 aromatic heterocycles. The van der Waals surface area contributed by atoms with E-state index in [1.807, 2.05) is 30.3 Å². The molecule has 130 valence electrons. The predicted molar refractivity (Wildman–Crippen MR) is 95.2 cm³/mol. The molecule has 0 spiro atoms. The van der Waals surface area contributed by atoms with E-state index in [4.69, 9.17) is 0 Å². The summed E-state index contributed by atoms with van der Waals surface area (Å²) in [6.07, 6.45) is 5.95. The van der Waals surface area contributed by atoms with Crippen LogP contribution in [-0.4, -0.2) is 26.2 Å². The molecule has 1 aliphatic rings. The van der Waals surface area contributed by atoms with Crippen molar-refractivity contribution in [2.24, 2.45) is 5.92 Å². The van der Waals surface area contributed by atoms with Crippen molar-refractivity contribution in [3.05, 3.63) is 54.6 Å². The topological polar surface area (TPSA) is 52.6 Å². The smallest absolute Gasteiger partial charge is 0.337 e. The summed E-state index contributed by atoms with van der Waals surface area (Å²) in [6.45, 7) is 7.40. The highest BCUT2D eigenvalue weighted by atomic mass is 16.5.